The number of nitriles is 1. The average Bonchev–Trinajstić information content (AvgIpc) is 2.86. The van der Waals surface area contributed by atoms with Gasteiger partial charge in [0.05, 0.1) is 11.6 Å². The SMILES string of the molecule is N#Cc1cccc(C(=O)NC2CCCC2CBr)c1. The zero-order chi connectivity index (χ0) is 13.0. The van der Waals surface area contributed by atoms with E-state index < -0.39 is 0 Å². The van der Waals surface area contributed by atoms with Crippen LogP contribution in [0.1, 0.15) is 35.2 Å². The molecule has 3 nitrogen and oxygen atoms in total. The number of nitrogens with one attached hydrogen (secondary N) is 1. The molecule has 1 aromatic rings. The molecular formula is C14H15BrN2O. The van der Waals surface area contributed by atoms with Gasteiger partial charge in [0.1, 0.15) is 0 Å². The van der Waals surface area contributed by atoms with E-state index in [2.05, 4.69) is 21.2 Å². The van der Waals surface area contributed by atoms with Crippen LogP contribution < -0.4 is 5.32 Å². The standard InChI is InChI=1S/C14H15BrN2O/c15-8-12-5-2-6-13(12)17-14(18)11-4-1-3-10(7-11)9-16/h1,3-4,7,12-13H,2,5-6,8H2,(H,17,18). The molecule has 0 spiro atoms. The second-order valence-electron chi connectivity index (χ2n) is 4.62. The number of hydrogen-bond donors (Lipinski definition) is 1. The van der Waals surface area contributed by atoms with Crippen LogP contribution in [-0.4, -0.2) is 17.3 Å². The lowest BCUT2D eigenvalue weighted by molar-refractivity contribution is 0.0930. The van der Waals surface area contributed by atoms with Crippen molar-refractivity contribution in [1.82, 2.24) is 5.32 Å². The first-order valence-corrected chi connectivity index (χ1v) is 7.23. The van der Waals surface area contributed by atoms with Gasteiger partial charge in [0, 0.05) is 16.9 Å². The molecule has 0 radical (unpaired) electrons. The van der Waals surface area contributed by atoms with Crippen molar-refractivity contribution in [2.75, 3.05) is 5.33 Å². The Bertz CT molecular complexity index is 481. The maximum absolute atomic E-state index is 12.1. The van der Waals surface area contributed by atoms with Crippen LogP contribution in [0.3, 0.4) is 0 Å². The van der Waals surface area contributed by atoms with Gasteiger partial charge in [-0.1, -0.05) is 28.4 Å². The second kappa shape index (κ2) is 6.01. The third kappa shape index (κ3) is 2.91. The lowest BCUT2D eigenvalue weighted by Gasteiger charge is -2.19. The zero-order valence-corrected chi connectivity index (χ0v) is 11.6. The molecule has 94 valence electrons. The van der Waals surface area contributed by atoms with E-state index in [9.17, 15) is 4.79 Å². The molecule has 1 aromatic carbocycles. The normalized spacial score (nSPS) is 22.4. The Morgan fingerprint density at radius 3 is 3.06 bits per heavy atom. The summed E-state index contributed by atoms with van der Waals surface area (Å²) in [6.45, 7) is 0. The van der Waals surface area contributed by atoms with Gasteiger partial charge >= 0.3 is 0 Å². The van der Waals surface area contributed by atoms with Crippen LogP contribution in [0.15, 0.2) is 24.3 Å². The molecule has 0 aromatic heterocycles. The van der Waals surface area contributed by atoms with Crippen molar-refractivity contribution < 1.29 is 4.79 Å². The summed E-state index contributed by atoms with van der Waals surface area (Å²) in [6, 6.07) is 9.12. The summed E-state index contributed by atoms with van der Waals surface area (Å²) in [4.78, 5) is 12.1. The van der Waals surface area contributed by atoms with Crippen LogP contribution in [0.2, 0.25) is 0 Å². The van der Waals surface area contributed by atoms with Crippen LogP contribution >= 0.6 is 15.9 Å². The Morgan fingerprint density at radius 1 is 1.50 bits per heavy atom. The highest BCUT2D eigenvalue weighted by atomic mass is 79.9. The molecule has 1 aliphatic rings. The fourth-order valence-corrected chi connectivity index (χ4v) is 3.17. The summed E-state index contributed by atoms with van der Waals surface area (Å²) >= 11 is 3.49. The number of amides is 1. The fraction of sp³-hybridized carbons (Fsp3) is 0.429. The highest BCUT2D eigenvalue weighted by molar-refractivity contribution is 9.09. The number of benzene rings is 1. The molecule has 18 heavy (non-hydrogen) atoms. The Morgan fingerprint density at radius 2 is 2.33 bits per heavy atom. The summed E-state index contributed by atoms with van der Waals surface area (Å²) in [5.74, 6) is 0.443. The van der Waals surface area contributed by atoms with Crippen LogP contribution in [0.5, 0.6) is 0 Å². The number of rotatable bonds is 3. The van der Waals surface area contributed by atoms with E-state index in [1.54, 1.807) is 24.3 Å². The van der Waals surface area contributed by atoms with Crippen molar-refractivity contribution in [2.24, 2.45) is 5.92 Å². The van der Waals surface area contributed by atoms with Crippen molar-refractivity contribution in [1.29, 1.82) is 5.26 Å². The third-order valence-electron chi connectivity index (χ3n) is 3.43. The molecule has 1 N–H and O–H groups in total. The summed E-state index contributed by atoms with van der Waals surface area (Å²) in [7, 11) is 0. The van der Waals surface area contributed by atoms with Gasteiger partial charge in [-0.2, -0.15) is 5.26 Å². The van der Waals surface area contributed by atoms with E-state index in [1.165, 1.54) is 6.42 Å². The Hall–Kier alpha value is -1.34. The van der Waals surface area contributed by atoms with E-state index in [4.69, 9.17) is 5.26 Å². The Kier molecular flexibility index (Phi) is 4.38. The maximum atomic E-state index is 12.1. The number of nitrogens with zero attached hydrogens (tertiary/aromatic N) is 1. The molecule has 0 bridgehead atoms. The van der Waals surface area contributed by atoms with Gasteiger partial charge < -0.3 is 5.32 Å². The first kappa shape index (κ1) is 13.1. The molecule has 0 aliphatic heterocycles. The molecule has 2 atom stereocenters. The predicted molar refractivity (Wildman–Crippen MR) is 73.5 cm³/mol. The monoisotopic (exact) mass is 306 g/mol. The summed E-state index contributed by atoms with van der Waals surface area (Å²) in [6.07, 6.45) is 3.37. The first-order valence-electron chi connectivity index (χ1n) is 6.11. The molecule has 1 fully saturated rings. The van der Waals surface area contributed by atoms with E-state index >= 15 is 0 Å². The van der Waals surface area contributed by atoms with Gasteiger partial charge in [-0.25, -0.2) is 0 Å². The van der Waals surface area contributed by atoms with Crippen LogP contribution in [0.4, 0.5) is 0 Å². The molecule has 0 heterocycles. The van der Waals surface area contributed by atoms with Gasteiger partial charge in [0.25, 0.3) is 5.91 Å². The molecular weight excluding hydrogens is 292 g/mol. The van der Waals surface area contributed by atoms with Crippen LogP contribution in [0, 0.1) is 17.2 Å². The number of carbonyl (C=O) groups excluding carboxylic acids is 1. The number of halogens is 1. The minimum atomic E-state index is -0.0787. The van der Waals surface area contributed by atoms with Gasteiger partial charge in [-0.15, -0.1) is 0 Å². The Balaban J connectivity index is 2.05. The zero-order valence-electron chi connectivity index (χ0n) is 10.0. The van der Waals surface area contributed by atoms with E-state index in [0.717, 1.165) is 18.2 Å². The van der Waals surface area contributed by atoms with Crippen molar-refractivity contribution in [2.45, 2.75) is 25.3 Å². The van der Waals surface area contributed by atoms with E-state index in [0.29, 0.717) is 17.0 Å². The summed E-state index contributed by atoms with van der Waals surface area (Å²) < 4.78 is 0. The largest absolute Gasteiger partial charge is 0.349 e. The lowest BCUT2D eigenvalue weighted by Crippen LogP contribution is -2.37. The molecule has 1 amide bonds. The van der Waals surface area contributed by atoms with Gasteiger partial charge in [0.15, 0.2) is 0 Å². The molecule has 2 rings (SSSR count). The van der Waals surface area contributed by atoms with Crippen molar-refractivity contribution in [3.8, 4) is 6.07 Å². The van der Waals surface area contributed by atoms with Gasteiger partial charge in [-0.05, 0) is 37.0 Å². The minimum Gasteiger partial charge on any atom is -0.349 e. The molecule has 1 saturated carbocycles. The van der Waals surface area contributed by atoms with Crippen molar-refractivity contribution in [3.05, 3.63) is 35.4 Å². The molecule has 0 saturated heterocycles. The van der Waals surface area contributed by atoms with Crippen molar-refractivity contribution in [3.63, 3.8) is 0 Å². The van der Waals surface area contributed by atoms with Crippen LogP contribution in [0.25, 0.3) is 0 Å². The average molecular weight is 307 g/mol. The Labute approximate surface area is 115 Å². The first-order chi connectivity index (χ1) is 8.74. The topological polar surface area (TPSA) is 52.9 Å². The van der Waals surface area contributed by atoms with Crippen LogP contribution in [-0.2, 0) is 0 Å². The summed E-state index contributed by atoms with van der Waals surface area (Å²) in [5, 5.41) is 12.8. The summed E-state index contributed by atoms with van der Waals surface area (Å²) in [5.41, 5.74) is 1.08. The second-order valence-corrected chi connectivity index (χ2v) is 5.27. The third-order valence-corrected chi connectivity index (χ3v) is 4.26. The van der Waals surface area contributed by atoms with E-state index in [-0.39, 0.29) is 11.9 Å². The lowest BCUT2D eigenvalue weighted by atomic mass is 10.1. The smallest absolute Gasteiger partial charge is 0.251 e. The molecule has 4 heteroatoms. The van der Waals surface area contributed by atoms with Gasteiger partial charge in [-0.3, -0.25) is 4.79 Å². The number of alkyl halides is 1. The predicted octanol–water partition coefficient (Wildman–Crippen LogP) is 2.85. The number of hydrogen-bond acceptors (Lipinski definition) is 2. The number of carbonyl (C=O) groups is 1. The quantitative estimate of drug-likeness (QED) is 0.873. The molecule has 2 unspecified atom stereocenters. The fourth-order valence-electron chi connectivity index (χ4n) is 2.39. The highest BCUT2D eigenvalue weighted by Gasteiger charge is 2.27. The van der Waals surface area contributed by atoms with Gasteiger partial charge in [0.2, 0.25) is 0 Å². The molecule has 1 aliphatic carbocycles. The van der Waals surface area contributed by atoms with Crippen molar-refractivity contribution >= 4 is 21.8 Å². The maximum Gasteiger partial charge on any atom is 0.251 e. The van der Waals surface area contributed by atoms with E-state index in [1.807, 2.05) is 6.07 Å². The highest BCUT2D eigenvalue weighted by Crippen LogP contribution is 2.27. The minimum absolute atomic E-state index is 0.0787.